The predicted molar refractivity (Wildman–Crippen MR) is 101 cm³/mol. The largest absolute Gasteiger partial charge is 0.543 e. The number of hydrogen-bond acceptors (Lipinski definition) is 2. The number of carboxylic acids is 1. The maximum atomic E-state index is 11.0. The number of aliphatic carboxylic acids is 1. The fraction of sp³-hybridized carbons (Fsp3) is 0.650. The van der Waals surface area contributed by atoms with Crippen molar-refractivity contribution >= 4 is 14.3 Å². The second-order valence-electron chi connectivity index (χ2n) is 8.99. The lowest BCUT2D eigenvalue weighted by Gasteiger charge is -2.38. The maximum Gasteiger partial charge on any atom is 0.303 e. The minimum atomic E-state index is -1.83. The van der Waals surface area contributed by atoms with E-state index in [1.807, 2.05) is 0 Å². The average molecular weight is 349 g/mol. The minimum absolute atomic E-state index is 0.0263. The van der Waals surface area contributed by atoms with Gasteiger partial charge in [0.05, 0.1) is 0 Å². The Balaban J connectivity index is 2.26. The molecule has 0 radical (unpaired) electrons. The fourth-order valence-corrected chi connectivity index (χ4v) is 4.35. The Bertz CT molecular complexity index is 616. The SMILES string of the molecule is CC1(CCC(=O)O)CCCc2cc(O[Si](C)(C)C(C)(C)C)ccc21. The molecule has 1 aromatic rings. The van der Waals surface area contributed by atoms with Gasteiger partial charge in [-0.3, -0.25) is 4.79 Å². The summed E-state index contributed by atoms with van der Waals surface area (Å²) in [5, 5.41) is 9.22. The normalized spacial score (nSPS) is 21.2. The number of rotatable bonds is 5. The Morgan fingerprint density at radius 1 is 1.33 bits per heavy atom. The fourth-order valence-electron chi connectivity index (χ4n) is 3.32. The Hall–Kier alpha value is -1.29. The molecule has 0 aliphatic heterocycles. The lowest BCUT2D eigenvalue weighted by Crippen LogP contribution is -2.43. The summed E-state index contributed by atoms with van der Waals surface area (Å²) in [5.41, 5.74) is 2.63. The van der Waals surface area contributed by atoms with Gasteiger partial charge in [-0.1, -0.05) is 33.8 Å². The van der Waals surface area contributed by atoms with Gasteiger partial charge in [-0.05, 0) is 72.5 Å². The van der Waals surface area contributed by atoms with Crippen molar-refractivity contribution in [2.75, 3.05) is 0 Å². The number of benzene rings is 1. The molecule has 2 rings (SSSR count). The van der Waals surface area contributed by atoms with Gasteiger partial charge >= 0.3 is 5.97 Å². The summed E-state index contributed by atoms with van der Waals surface area (Å²) in [4.78, 5) is 11.0. The molecule has 4 heteroatoms. The Kier molecular flexibility index (Phi) is 5.19. The molecule has 0 heterocycles. The molecule has 1 aliphatic rings. The minimum Gasteiger partial charge on any atom is -0.543 e. The van der Waals surface area contributed by atoms with Crippen LogP contribution in [0, 0.1) is 0 Å². The Labute approximate surface area is 147 Å². The van der Waals surface area contributed by atoms with Crippen molar-refractivity contribution in [1.29, 1.82) is 0 Å². The van der Waals surface area contributed by atoms with Crippen LogP contribution in [0.1, 0.15) is 64.5 Å². The third-order valence-electron chi connectivity index (χ3n) is 5.97. The van der Waals surface area contributed by atoms with E-state index in [0.717, 1.165) is 25.0 Å². The van der Waals surface area contributed by atoms with Crippen LogP contribution in [-0.2, 0) is 16.6 Å². The van der Waals surface area contributed by atoms with Gasteiger partial charge in [0, 0.05) is 6.42 Å². The van der Waals surface area contributed by atoms with E-state index in [1.54, 1.807) is 0 Å². The Morgan fingerprint density at radius 2 is 2.00 bits per heavy atom. The number of carbonyl (C=O) groups is 1. The van der Waals surface area contributed by atoms with Crippen LogP contribution in [0.25, 0.3) is 0 Å². The van der Waals surface area contributed by atoms with E-state index in [1.165, 1.54) is 11.1 Å². The van der Waals surface area contributed by atoms with E-state index in [0.29, 0.717) is 6.42 Å². The van der Waals surface area contributed by atoms with Crippen LogP contribution in [0.15, 0.2) is 18.2 Å². The molecule has 0 saturated carbocycles. The molecule has 0 bridgehead atoms. The van der Waals surface area contributed by atoms with E-state index in [9.17, 15) is 4.79 Å². The molecule has 1 atom stereocenters. The Morgan fingerprint density at radius 3 is 2.58 bits per heavy atom. The molecule has 1 aromatic carbocycles. The van der Waals surface area contributed by atoms with Gasteiger partial charge in [-0.2, -0.15) is 0 Å². The van der Waals surface area contributed by atoms with Crippen molar-refractivity contribution < 1.29 is 14.3 Å². The molecule has 1 N–H and O–H groups in total. The van der Waals surface area contributed by atoms with Gasteiger partial charge in [0.25, 0.3) is 0 Å². The highest BCUT2D eigenvalue weighted by Crippen LogP contribution is 2.43. The molecular formula is C20H32O3Si. The van der Waals surface area contributed by atoms with Crippen molar-refractivity contribution in [2.24, 2.45) is 0 Å². The molecule has 0 spiro atoms. The molecule has 0 amide bonds. The lowest BCUT2D eigenvalue weighted by atomic mass is 9.69. The molecule has 24 heavy (non-hydrogen) atoms. The third-order valence-corrected chi connectivity index (χ3v) is 10.3. The molecule has 1 unspecified atom stereocenters. The molecule has 3 nitrogen and oxygen atoms in total. The quantitative estimate of drug-likeness (QED) is 0.712. The molecule has 0 fully saturated rings. The van der Waals surface area contributed by atoms with Crippen LogP contribution in [0.3, 0.4) is 0 Å². The standard InChI is InChI=1S/C20H32O3Si/c1-19(2,3)24(5,6)23-16-9-10-17-15(14-16)8-7-12-20(17,4)13-11-18(21)22/h9-10,14H,7-8,11-13H2,1-6H3,(H,21,22). The number of carboxylic acid groups (broad SMARTS) is 1. The summed E-state index contributed by atoms with van der Waals surface area (Å²) in [5.74, 6) is 0.268. The first kappa shape index (κ1) is 19.0. The first-order valence-electron chi connectivity index (χ1n) is 8.99. The molecule has 134 valence electrons. The van der Waals surface area contributed by atoms with Crippen LogP contribution in [0.5, 0.6) is 5.75 Å². The van der Waals surface area contributed by atoms with Gasteiger partial charge in [-0.25, -0.2) is 0 Å². The highest BCUT2D eigenvalue weighted by atomic mass is 28.4. The maximum absolute atomic E-state index is 11.0. The smallest absolute Gasteiger partial charge is 0.303 e. The monoisotopic (exact) mass is 348 g/mol. The van der Waals surface area contributed by atoms with Crippen LogP contribution in [-0.4, -0.2) is 19.4 Å². The first-order chi connectivity index (χ1) is 10.9. The van der Waals surface area contributed by atoms with Gasteiger partial charge in [0.15, 0.2) is 0 Å². The van der Waals surface area contributed by atoms with E-state index in [-0.39, 0.29) is 16.9 Å². The van der Waals surface area contributed by atoms with Crippen molar-refractivity contribution in [3.8, 4) is 5.75 Å². The number of fused-ring (bicyclic) bond motifs is 1. The van der Waals surface area contributed by atoms with Crippen LogP contribution >= 0.6 is 0 Å². The van der Waals surface area contributed by atoms with Crippen LogP contribution in [0.4, 0.5) is 0 Å². The summed E-state index contributed by atoms with van der Waals surface area (Å²) < 4.78 is 6.44. The molecule has 0 saturated heterocycles. The second kappa shape index (κ2) is 6.55. The topological polar surface area (TPSA) is 46.5 Å². The van der Waals surface area contributed by atoms with Crippen molar-refractivity contribution in [1.82, 2.24) is 0 Å². The molecular weight excluding hydrogens is 316 g/mol. The van der Waals surface area contributed by atoms with Crippen molar-refractivity contribution in [3.05, 3.63) is 29.3 Å². The summed E-state index contributed by atoms with van der Waals surface area (Å²) in [7, 11) is -1.83. The summed E-state index contributed by atoms with van der Waals surface area (Å²) >= 11 is 0. The average Bonchev–Trinajstić information content (AvgIpc) is 2.44. The summed E-state index contributed by atoms with van der Waals surface area (Å²) in [6.45, 7) is 13.5. The zero-order valence-electron chi connectivity index (χ0n) is 16.0. The van der Waals surface area contributed by atoms with Gasteiger partial charge in [0.1, 0.15) is 5.75 Å². The summed E-state index contributed by atoms with van der Waals surface area (Å²) in [6, 6.07) is 6.47. The molecule has 1 aliphatic carbocycles. The second-order valence-corrected chi connectivity index (χ2v) is 13.7. The zero-order valence-corrected chi connectivity index (χ0v) is 17.0. The van der Waals surface area contributed by atoms with E-state index >= 15 is 0 Å². The first-order valence-corrected chi connectivity index (χ1v) is 11.9. The predicted octanol–water partition coefficient (Wildman–Crippen LogP) is 5.53. The number of hydrogen-bond donors (Lipinski definition) is 1. The van der Waals surface area contributed by atoms with Crippen LogP contribution in [0.2, 0.25) is 18.1 Å². The van der Waals surface area contributed by atoms with Crippen molar-refractivity contribution in [3.63, 3.8) is 0 Å². The third kappa shape index (κ3) is 4.02. The summed E-state index contributed by atoms with van der Waals surface area (Å²) in [6.07, 6.45) is 4.19. The van der Waals surface area contributed by atoms with E-state index in [4.69, 9.17) is 9.53 Å². The highest BCUT2D eigenvalue weighted by molar-refractivity contribution is 6.74. The molecule has 0 aromatic heterocycles. The van der Waals surface area contributed by atoms with E-state index < -0.39 is 14.3 Å². The lowest BCUT2D eigenvalue weighted by molar-refractivity contribution is -0.137. The van der Waals surface area contributed by atoms with Gasteiger partial charge in [0.2, 0.25) is 8.32 Å². The van der Waals surface area contributed by atoms with E-state index in [2.05, 4.69) is 59.0 Å². The van der Waals surface area contributed by atoms with Crippen LogP contribution < -0.4 is 4.43 Å². The van der Waals surface area contributed by atoms with Crippen molar-refractivity contribution in [2.45, 2.75) is 83.3 Å². The number of aryl methyl sites for hydroxylation is 1. The highest BCUT2D eigenvalue weighted by Gasteiger charge is 2.39. The zero-order chi connectivity index (χ0) is 18.2. The van der Waals surface area contributed by atoms with Gasteiger partial charge < -0.3 is 9.53 Å². The van der Waals surface area contributed by atoms with Gasteiger partial charge in [-0.15, -0.1) is 0 Å².